The molecule has 0 saturated carbocycles. The SMILES string of the molecule is Cc1noc(C)c1C(=O)OC(C)C(=O)c1ccc(F)cc1. The summed E-state index contributed by atoms with van der Waals surface area (Å²) in [6, 6.07) is 5.04. The molecule has 21 heavy (non-hydrogen) atoms. The normalized spacial score (nSPS) is 12.0. The first-order valence-electron chi connectivity index (χ1n) is 6.33. The van der Waals surface area contributed by atoms with Crippen LogP contribution in [0.1, 0.15) is 39.1 Å². The van der Waals surface area contributed by atoms with Crippen molar-refractivity contribution >= 4 is 11.8 Å². The number of ketones is 1. The van der Waals surface area contributed by atoms with Gasteiger partial charge in [0.05, 0.1) is 5.69 Å². The van der Waals surface area contributed by atoms with E-state index in [1.807, 2.05) is 0 Å². The number of ether oxygens (including phenoxy) is 1. The number of esters is 1. The molecule has 6 heteroatoms. The summed E-state index contributed by atoms with van der Waals surface area (Å²) in [5.41, 5.74) is 0.892. The summed E-state index contributed by atoms with van der Waals surface area (Å²) in [6.45, 7) is 4.66. The van der Waals surface area contributed by atoms with Crippen molar-refractivity contribution in [3.63, 3.8) is 0 Å². The molecule has 0 radical (unpaired) electrons. The molecule has 5 nitrogen and oxygen atoms in total. The van der Waals surface area contributed by atoms with Crippen molar-refractivity contribution in [2.75, 3.05) is 0 Å². The fraction of sp³-hybridized carbons (Fsp3) is 0.267. The van der Waals surface area contributed by atoms with E-state index < -0.39 is 23.7 Å². The molecule has 0 bridgehead atoms. The van der Waals surface area contributed by atoms with Crippen LogP contribution in [0.3, 0.4) is 0 Å². The van der Waals surface area contributed by atoms with E-state index in [2.05, 4.69) is 5.16 Å². The minimum atomic E-state index is -0.989. The number of hydrogen-bond acceptors (Lipinski definition) is 5. The maximum atomic E-state index is 12.8. The molecule has 1 unspecified atom stereocenters. The van der Waals surface area contributed by atoms with Crippen LogP contribution in [0.25, 0.3) is 0 Å². The number of halogens is 1. The zero-order chi connectivity index (χ0) is 15.6. The van der Waals surface area contributed by atoms with Crippen LogP contribution < -0.4 is 0 Å². The van der Waals surface area contributed by atoms with E-state index in [-0.39, 0.29) is 11.1 Å². The standard InChI is InChI=1S/C15H14FNO4/c1-8-13(9(2)21-17-8)15(19)20-10(3)14(18)11-4-6-12(16)7-5-11/h4-7,10H,1-3H3. The van der Waals surface area contributed by atoms with Crippen LogP contribution in [0.5, 0.6) is 0 Å². The van der Waals surface area contributed by atoms with Crippen molar-refractivity contribution in [1.82, 2.24) is 5.16 Å². The fourth-order valence-corrected chi connectivity index (χ4v) is 1.90. The average molecular weight is 291 g/mol. The summed E-state index contributed by atoms with van der Waals surface area (Å²) in [5.74, 6) is -1.19. The van der Waals surface area contributed by atoms with Gasteiger partial charge in [0.2, 0.25) is 5.78 Å². The second-order valence-electron chi connectivity index (χ2n) is 4.62. The molecule has 0 saturated heterocycles. The molecule has 0 spiro atoms. The Hall–Kier alpha value is -2.50. The van der Waals surface area contributed by atoms with Gasteiger partial charge in [-0.05, 0) is 45.0 Å². The predicted octanol–water partition coefficient (Wildman–Crippen LogP) is 2.86. The highest BCUT2D eigenvalue weighted by molar-refractivity contribution is 6.01. The van der Waals surface area contributed by atoms with E-state index in [0.717, 1.165) is 0 Å². The maximum Gasteiger partial charge on any atom is 0.344 e. The number of carbonyl (C=O) groups excluding carboxylic acids is 2. The Kier molecular flexibility index (Phi) is 4.16. The number of Topliss-reactive ketones (excluding diaryl/α,β-unsaturated/α-hetero) is 1. The molecule has 0 amide bonds. The summed E-state index contributed by atoms with van der Waals surface area (Å²) in [6.07, 6.45) is -0.989. The molecule has 1 aromatic carbocycles. The first kappa shape index (κ1) is 14.9. The topological polar surface area (TPSA) is 69.4 Å². The highest BCUT2D eigenvalue weighted by Crippen LogP contribution is 2.16. The minimum Gasteiger partial charge on any atom is -0.451 e. The number of nitrogens with zero attached hydrogens (tertiary/aromatic N) is 1. The number of carbonyl (C=O) groups is 2. The van der Waals surface area contributed by atoms with E-state index in [1.165, 1.54) is 31.2 Å². The van der Waals surface area contributed by atoms with Gasteiger partial charge in [-0.15, -0.1) is 0 Å². The molecule has 2 rings (SSSR count). The summed E-state index contributed by atoms with van der Waals surface area (Å²) in [5, 5.41) is 3.65. The van der Waals surface area contributed by atoms with E-state index in [9.17, 15) is 14.0 Å². The lowest BCUT2D eigenvalue weighted by Crippen LogP contribution is -2.25. The van der Waals surface area contributed by atoms with Crippen LogP contribution in [0.4, 0.5) is 4.39 Å². The molecular formula is C15H14FNO4. The Morgan fingerprint density at radius 1 is 1.24 bits per heavy atom. The molecule has 2 aromatic rings. The molecule has 110 valence electrons. The lowest BCUT2D eigenvalue weighted by molar-refractivity contribution is 0.0316. The predicted molar refractivity (Wildman–Crippen MR) is 71.6 cm³/mol. The zero-order valence-corrected chi connectivity index (χ0v) is 11.8. The van der Waals surface area contributed by atoms with E-state index >= 15 is 0 Å². The Labute approximate surface area is 120 Å². The van der Waals surface area contributed by atoms with Crippen molar-refractivity contribution in [3.8, 4) is 0 Å². The lowest BCUT2D eigenvalue weighted by atomic mass is 10.1. The van der Waals surface area contributed by atoms with Crippen molar-refractivity contribution in [1.29, 1.82) is 0 Å². The third kappa shape index (κ3) is 3.16. The van der Waals surface area contributed by atoms with Crippen LogP contribution in [0.15, 0.2) is 28.8 Å². The highest BCUT2D eigenvalue weighted by atomic mass is 19.1. The van der Waals surface area contributed by atoms with Gasteiger partial charge in [-0.1, -0.05) is 5.16 Å². The average Bonchev–Trinajstić information content (AvgIpc) is 2.78. The molecule has 0 aliphatic carbocycles. The van der Waals surface area contributed by atoms with Crippen LogP contribution in [0, 0.1) is 19.7 Å². The summed E-state index contributed by atoms with van der Waals surface area (Å²) in [7, 11) is 0. The Morgan fingerprint density at radius 2 is 1.86 bits per heavy atom. The van der Waals surface area contributed by atoms with Gasteiger partial charge >= 0.3 is 5.97 Å². The van der Waals surface area contributed by atoms with Gasteiger partial charge in [-0.25, -0.2) is 9.18 Å². The van der Waals surface area contributed by atoms with Gasteiger partial charge in [0, 0.05) is 5.56 Å². The smallest absolute Gasteiger partial charge is 0.344 e. The molecule has 0 aliphatic rings. The molecule has 1 aromatic heterocycles. The van der Waals surface area contributed by atoms with E-state index in [1.54, 1.807) is 13.8 Å². The summed E-state index contributed by atoms with van der Waals surface area (Å²) < 4.78 is 22.8. The molecule has 1 atom stereocenters. The minimum absolute atomic E-state index is 0.216. The third-order valence-corrected chi connectivity index (χ3v) is 3.02. The number of aryl methyl sites for hydroxylation is 2. The Balaban J connectivity index is 2.11. The molecule has 0 N–H and O–H groups in total. The van der Waals surface area contributed by atoms with Gasteiger partial charge < -0.3 is 9.26 Å². The molecule has 1 heterocycles. The number of aromatic nitrogens is 1. The first-order valence-corrected chi connectivity index (χ1v) is 6.33. The van der Waals surface area contributed by atoms with Gasteiger partial charge in [-0.2, -0.15) is 0 Å². The second-order valence-corrected chi connectivity index (χ2v) is 4.62. The quantitative estimate of drug-likeness (QED) is 0.640. The second kappa shape index (κ2) is 5.87. The Morgan fingerprint density at radius 3 is 2.38 bits per heavy atom. The third-order valence-electron chi connectivity index (χ3n) is 3.02. The first-order chi connectivity index (χ1) is 9.90. The van der Waals surface area contributed by atoms with Crippen LogP contribution in [-0.4, -0.2) is 23.0 Å². The van der Waals surface area contributed by atoms with E-state index in [4.69, 9.17) is 9.26 Å². The van der Waals surface area contributed by atoms with Crippen molar-refractivity contribution in [2.45, 2.75) is 26.9 Å². The van der Waals surface area contributed by atoms with Crippen LogP contribution >= 0.6 is 0 Å². The summed E-state index contributed by atoms with van der Waals surface area (Å²) >= 11 is 0. The van der Waals surface area contributed by atoms with Gasteiger partial charge in [0.15, 0.2) is 6.10 Å². The largest absolute Gasteiger partial charge is 0.451 e. The Bertz CT molecular complexity index is 656. The fourth-order valence-electron chi connectivity index (χ4n) is 1.90. The summed E-state index contributed by atoms with van der Waals surface area (Å²) in [4.78, 5) is 24.1. The molecular weight excluding hydrogens is 277 g/mol. The van der Waals surface area contributed by atoms with Crippen molar-refractivity contribution in [3.05, 3.63) is 52.7 Å². The number of benzene rings is 1. The van der Waals surface area contributed by atoms with Crippen LogP contribution in [-0.2, 0) is 4.74 Å². The van der Waals surface area contributed by atoms with Gasteiger partial charge in [-0.3, -0.25) is 4.79 Å². The monoisotopic (exact) mass is 291 g/mol. The van der Waals surface area contributed by atoms with Crippen molar-refractivity contribution < 1.29 is 23.2 Å². The maximum absolute atomic E-state index is 12.8. The van der Waals surface area contributed by atoms with Crippen molar-refractivity contribution in [2.24, 2.45) is 0 Å². The lowest BCUT2D eigenvalue weighted by Gasteiger charge is -2.12. The highest BCUT2D eigenvalue weighted by Gasteiger charge is 2.24. The molecule has 0 aliphatic heterocycles. The number of rotatable bonds is 4. The number of hydrogen-bond donors (Lipinski definition) is 0. The van der Waals surface area contributed by atoms with Gasteiger partial charge in [0.25, 0.3) is 0 Å². The van der Waals surface area contributed by atoms with Gasteiger partial charge in [0.1, 0.15) is 17.1 Å². The zero-order valence-electron chi connectivity index (χ0n) is 11.8. The molecule has 0 fully saturated rings. The van der Waals surface area contributed by atoms with E-state index in [0.29, 0.717) is 11.5 Å². The van der Waals surface area contributed by atoms with Crippen LogP contribution in [0.2, 0.25) is 0 Å².